The van der Waals surface area contributed by atoms with E-state index in [0.29, 0.717) is 63.5 Å². The number of likely N-dealkylation sites (N-methyl/N-ethyl adjacent to an activating group) is 4. The molecular formula is C82H153FN15Na2O33PS. The predicted molar refractivity (Wildman–Crippen MR) is 466 cm³/mol. The topological polar surface area (TPSA) is 849 Å². The van der Waals surface area contributed by atoms with Crippen LogP contribution in [0.5, 0.6) is 0 Å². The van der Waals surface area contributed by atoms with Crippen molar-refractivity contribution >= 4 is 29.8 Å². The number of fused-ring (bicyclic) bond motifs is 5. The van der Waals surface area contributed by atoms with Crippen LogP contribution in [0.25, 0.3) is 0 Å². The van der Waals surface area contributed by atoms with Gasteiger partial charge in [0.25, 0.3) is 0 Å². The summed E-state index contributed by atoms with van der Waals surface area (Å²) >= 11 is 0. The molecule has 12 fully saturated rings. The second-order valence-electron chi connectivity index (χ2n) is 39.5. The van der Waals surface area contributed by atoms with Gasteiger partial charge in [-0.1, -0.05) is 25.5 Å². The molecule has 6 heterocycles. The third kappa shape index (κ3) is 27.6. The zero-order chi connectivity index (χ0) is 99.6. The molecule has 0 aromatic heterocycles. The molecule has 53 heteroatoms. The third-order valence-corrected chi connectivity index (χ3v) is 30.0. The number of hydrogen-bond acceptors (Lipinski definition) is 46. The van der Waals surface area contributed by atoms with Gasteiger partial charge in [0.2, 0.25) is 0 Å². The molecule has 0 radical (unpaired) electrons. The van der Waals surface area contributed by atoms with Gasteiger partial charge in [0.05, 0.1) is 88.3 Å². The van der Waals surface area contributed by atoms with Gasteiger partial charge in [-0.05, 0) is 177 Å². The number of Topliss-reactive ketones (excluding diaryl/α,β-unsaturated/α-hetero) is 1. The van der Waals surface area contributed by atoms with Gasteiger partial charge >= 0.3 is 69.5 Å². The maximum Gasteiger partial charge on any atom is 1.00 e. The molecule has 0 aromatic rings. The molecule has 6 saturated carbocycles. The fourth-order valence-electron chi connectivity index (χ4n) is 22.0. The number of ether oxygens (including phenoxy) is 12. The van der Waals surface area contributed by atoms with Gasteiger partial charge in [0.1, 0.15) is 102 Å². The second kappa shape index (κ2) is 49.4. The van der Waals surface area contributed by atoms with Crippen LogP contribution < -0.4 is 153 Å². The number of ketones is 2. The molecule has 7 aliphatic carbocycles. The minimum Gasteiger partial charge on any atom is -0.790 e. The summed E-state index contributed by atoms with van der Waals surface area (Å²) in [6.07, 6.45) is -9.75. The van der Waals surface area contributed by atoms with Gasteiger partial charge in [-0.2, -0.15) is 8.42 Å². The number of aliphatic hydroxyl groups excluding tert-OH is 7. The fourth-order valence-corrected chi connectivity index (χ4v) is 22.3. The van der Waals surface area contributed by atoms with Crippen molar-refractivity contribution in [2.24, 2.45) is 91.7 Å². The summed E-state index contributed by atoms with van der Waals surface area (Å²) in [5, 5.41) is 131. The van der Waals surface area contributed by atoms with Crippen LogP contribution in [0.3, 0.4) is 0 Å². The Kier molecular flexibility index (Phi) is 44.3. The first-order valence-electron chi connectivity index (χ1n) is 45.5. The van der Waals surface area contributed by atoms with Crippen molar-refractivity contribution in [3.05, 3.63) is 23.8 Å². The minimum absolute atomic E-state index is 0. The van der Waals surface area contributed by atoms with Crippen LogP contribution in [-0.4, -0.2) is 394 Å². The molecule has 0 aromatic carbocycles. The molecule has 0 amide bonds. The van der Waals surface area contributed by atoms with E-state index in [4.69, 9.17) is 137 Å². The number of phosphoric ester groups is 1. The number of hydrogen-bond donors (Lipinski definition) is 28. The number of halogens is 1. The normalized spacial score (nSPS) is 48.1. The first-order valence-corrected chi connectivity index (χ1v) is 48.4. The number of allylic oxidation sites excluding steroid dienone is 4. The van der Waals surface area contributed by atoms with Crippen LogP contribution in [0.4, 0.5) is 4.39 Å². The average Bonchev–Trinajstić information content (AvgIpc) is 1.56. The van der Waals surface area contributed by atoms with E-state index in [-0.39, 0.29) is 146 Å². The molecule has 13 aliphatic rings. The molecule has 0 unspecified atom stereocenters. The molecular weight excluding hydrogens is 1850 g/mol. The van der Waals surface area contributed by atoms with Crippen molar-refractivity contribution in [1.82, 2.24) is 21.3 Å². The van der Waals surface area contributed by atoms with Crippen molar-refractivity contribution in [3.63, 3.8) is 0 Å². The van der Waals surface area contributed by atoms with Crippen LogP contribution in [0, 0.1) is 28.6 Å². The Morgan fingerprint density at radius 2 is 0.896 bits per heavy atom. The van der Waals surface area contributed by atoms with Crippen molar-refractivity contribution in [1.29, 1.82) is 0 Å². The molecule has 0 bridgehead atoms. The molecule has 39 N–H and O–H groups in total. The van der Waals surface area contributed by atoms with Crippen molar-refractivity contribution in [2.75, 3.05) is 61.2 Å². The first kappa shape index (κ1) is 121. The first-order chi connectivity index (χ1) is 61.6. The summed E-state index contributed by atoms with van der Waals surface area (Å²) in [5.41, 5.74) is 57.8. The Morgan fingerprint density at radius 3 is 1.24 bits per heavy atom. The van der Waals surface area contributed by atoms with Gasteiger partial charge in [-0.15, -0.1) is 0 Å². The minimum atomic E-state index is -5.43. The molecule has 13 rings (SSSR count). The Bertz CT molecular complexity index is 4000. The van der Waals surface area contributed by atoms with E-state index in [1.165, 1.54) is 18.2 Å². The van der Waals surface area contributed by atoms with Crippen molar-refractivity contribution < 1.29 is 223 Å². The van der Waals surface area contributed by atoms with E-state index in [2.05, 4.69) is 25.8 Å². The Balaban J connectivity index is 0.000000240. The SMILES string of the molecule is CN[C@@H]1[C@@H](O)[C@@H](O[C@@H]2[C@@H](O)[C@H](O[C@H]3O[C@H](CN)CC[C@H]3N)[C@@H](N)C[C@H]2N)OC[C@]1(C)O.CN[C@@H]1[C@@H](O)[C@@H](O[C@@H]2[C@@H](O)[C@H](O[C@H]3O[C@H]([C@@H](C)N)CC[C@H]3N)[C@@H](N)C[C@H]2N)OC[C@]1(C)O.CN[C@@H]1[C@@H](O)[C@@H](O[C@@H]2[C@@H](O)[C@H](O[C@H]3O[C@H]([C@@H](C)NC)CC[C@H]3N)[C@@H](N)C[C@H]2N)OC[C@]1(C)O.C[C@@H]1C[C@H]2[C@@H]3CCC4=CC(=O)C=C[C@]4(C)[C@@]3(F)[C@@H](O)C[C@]2(C)[C@@]1(O)C(=O)COP(=O)([O-])[O-].O=S(=O)(O)O.[Na+].[Na+]. The Hall–Kier alpha value is -0.790. The molecule has 135 heavy (non-hydrogen) atoms. The number of nitrogens with one attached hydrogen (secondary N) is 4. The summed E-state index contributed by atoms with van der Waals surface area (Å²) < 4.78 is 134. The quantitative estimate of drug-likeness (QED) is 0.0257. The summed E-state index contributed by atoms with van der Waals surface area (Å²) in [6, 6.07) is -6.84. The molecule has 774 valence electrons. The second-order valence-corrected chi connectivity index (χ2v) is 41.6. The third-order valence-electron chi connectivity index (χ3n) is 29.6. The molecule has 48 nitrogen and oxygen atoms in total. The van der Waals surface area contributed by atoms with E-state index in [9.17, 15) is 80.1 Å². The zero-order valence-electron chi connectivity index (χ0n) is 79.5. The van der Waals surface area contributed by atoms with Crippen LogP contribution in [0.15, 0.2) is 23.8 Å². The maximum absolute atomic E-state index is 17.0. The van der Waals surface area contributed by atoms with Gasteiger partial charge in [-0.3, -0.25) is 18.7 Å². The van der Waals surface area contributed by atoms with E-state index in [0.717, 1.165) is 19.3 Å². The van der Waals surface area contributed by atoms with E-state index in [1.807, 2.05) is 20.9 Å². The van der Waals surface area contributed by atoms with Crippen LogP contribution in [0.2, 0.25) is 0 Å². The van der Waals surface area contributed by atoms with Crippen LogP contribution in [0.1, 0.15) is 139 Å². The average molecular weight is 2010 g/mol. The smallest absolute Gasteiger partial charge is 0.790 e. The molecule has 46 atom stereocenters. The standard InChI is InChI=1S/C22H30FO8P.C21H43N5O7.C20H41N5O7.C19H39N5O7.2Na.H2O4S/c1-12-8-16-15-5-4-13-9-14(24)6-7-19(13,2)21(15,23)17(25)10-20(16,3)22(12,27)18(26)11-31-32(28,29)30;1-9(25-3)13-6-5-10(22)19(31-13)32-16-11(23)7-12(24)17(14(16)27)33-20-15(28)18(26-4)21(2,29)8-30-20;1-8(21)12-5-4-9(22)18(30-12)31-15-10(23)6-11(24)16(13(15)26)32-19-14(27)17(25-3)20(2,28)7-29-19;1-19(27)7-28-18(13(26)16(19)24-2)31-15-11(23)5-10(22)14(12(15)25)30-17-9(21)4-3-8(6-20)29-17;;;1-5(2,3)4/h6-7,9,12,15-17,25,27H,4-5,8,10-11H2,1-3H3,(H2,28,29,30);9-20,25-29H,5-8,22-24H2,1-4H3;8-19,25-28H,4-7,21-24H2,1-3H3;8-18,24-27H,3-7,20-23H2,1-2H3;;;(H2,1,2,3,4)/q;;;;2*+1;/p-2/t12-,15+,16+,17+,19+,20+,21+,22+;9-,10-,11+,12-,13+,14+,15-,16-,17+,18-,19-,20-,21+;8-,9-,10+,11-,12+,13+,14-,15-,16+,17-,18-,19-,20+;8-,9+,10-,11+,12-,13+,14+,15-,16+,17+,18+,19-;;;/m1110.../s1. The van der Waals surface area contributed by atoms with Gasteiger partial charge in [0.15, 0.2) is 55.0 Å². The van der Waals surface area contributed by atoms with E-state index >= 15 is 4.39 Å². The van der Waals surface area contributed by atoms with Gasteiger partial charge in [-0.25, -0.2) is 4.39 Å². The van der Waals surface area contributed by atoms with Gasteiger partial charge < -0.3 is 216 Å². The predicted octanol–water partition coefficient (Wildman–Crippen LogP) is -16.8. The number of alkyl halides is 1. The monoisotopic (exact) mass is 2000 g/mol. The number of phosphoric acid groups is 1. The summed E-state index contributed by atoms with van der Waals surface area (Å²) in [6.45, 7) is 12.5. The number of carbonyl (C=O) groups is 2. The van der Waals surface area contributed by atoms with Gasteiger partial charge in [0, 0.05) is 71.6 Å². The largest absolute Gasteiger partial charge is 1.00 e. The molecule has 6 aliphatic heterocycles. The van der Waals surface area contributed by atoms with E-state index < -0.39 is 259 Å². The number of carbonyl (C=O) groups excluding carboxylic acids is 2. The van der Waals surface area contributed by atoms with Crippen LogP contribution >= 0.6 is 7.82 Å². The number of aliphatic hydroxyl groups is 11. The zero-order valence-corrected chi connectivity index (χ0v) is 85.3. The number of rotatable bonds is 23. The van der Waals surface area contributed by atoms with Crippen LogP contribution in [-0.2, 0) is 85.9 Å². The summed E-state index contributed by atoms with van der Waals surface area (Å²) in [4.78, 5) is 46.6. The maximum atomic E-state index is 17.0. The fraction of sp³-hybridized carbons (Fsp3) is 0.927. The van der Waals surface area contributed by atoms with E-state index in [1.54, 1.807) is 62.7 Å². The molecule has 0 spiro atoms. The summed E-state index contributed by atoms with van der Waals surface area (Å²) in [7, 11) is -3.36. The summed E-state index contributed by atoms with van der Waals surface area (Å²) in [5.74, 6) is -3.06. The Morgan fingerprint density at radius 1 is 0.548 bits per heavy atom. The molecule has 6 saturated heterocycles. The van der Waals surface area contributed by atoms with Crippen molar-refractivity contribution in [3.8, 4) is 0 Å². The Labute approximate surface area is 831 Å². The van der Waals surface area contributed by atoms with Crippen molar-refractivity contribution in [2.45, 2.75) is 387 Å². The number of nitrogens with two attached hydrogens (primary N) is 11.